The lowest BCUT2D eigenvalue weighted by atomic mass is 9.85. The number of hydrogen-bond donors (Lipinski definition) is 1. The molecule has 0 amide bonds. The van der Waals surface area contributed by atoms with E-state index in [1.54, 1.807) is 12.1 Å². The topological polar surface area (TPSA) is 66.8 Å². The summed E-state index contributed by atoms with van der Waals surface area (Å²) >= 11 is 0. The van der Waals surface area contributed by atoms with Crippen LogP contribution in [0.2, 0.25) is 0 Å². The Morgan fingerprint density at radius 2 is 2.10 bits per heavy atom. The number of nitrogens with zero attached hydrogens (tertiary/aromatic N) is 1. The highest BCUT2D eigenvalue weighted by atomic mass is 32.2. The maximum atomic E-state index is 12.8. The van der Waals surface area contributed by atoms with Gasteiger partial charge < -0.3 is 9.84 Å². The summed E-state index contributed by atoms with van der Waals surface area (Å²) in [5.74, 6) is 0.282. The predicted octanol–water partition coefficient (Wildman–Crippen LogP) is 2.00. The normalized spacial score (nSPS) is 19.4. The van der Waals surface area contributed by atoms with Crippen LogP contribution in [-0.2, 0) is 16.6 Å². The van der Waals surface area contributed by atoms with Gasteiger partial charge in [-0.1, -0.05) is 19.9 Å². The zero-order valence-electron chi connectivity index (χ0n) is 12.8. The van der Waals surface area contributed by atoms with Crippen LogP contribution in [0.1, 0.15) is 32.3 Å². The monoisotopic (exact) mass is 313 g/mol. The van der Waals surface area contributed by atoms with Gasteiger partial charge >= 0.3 is 0 Å². The second-order valence-corrected chi connectivity index (χ2v) is 8.16. The van der Waals surface area contributed by atoms with Crippen LogP contribution in [0.25, 0.3) is 0 Å². The van der Waals surface area contributed by atoms with Gasteiger partial charge in [-0.25, -0.2) is 8.42 Å². The molecule has 0 bridgehead atoms. The minimum absolute atomic E-state index is 0.0103. The zero-order chi connectivity index (χ0) is 15.7. The van der Waals surface area contributed by atoms with Gasteiger partial charge in [0.25, 0.3) is 0 Å². The van der Waals surface area contributed by atoms with Gasteiger partial charge in [-0.15, -0.1) is 0 Å². The summed E-state index contributed by atoms with van der Waals surface area (Å²) in [4.78, 5) is 0.167. The third kappa shape index (κ3) is 3.39. The van der Waals surface area contributed by atoms with Crippen LogP contribution < -0.4 is 4.74 Å². The molecule has 1 saturated heterocycles. The lowest BCUT2D eigenvalue weighted by Crippen LogP contribution is -2.43. The first kappa shape index (κ1) is 16.3. The van der Waals surface area contributed by atoms with Crippen molar-refractivity contribution in [3.05, 3.63) is 23.8 Å². The van der Waals surface area contributed by atoms with Crippen LogP contribution in [0.3, 0.4) is 0 Å². The first-order valence-corrected chi connectivity index (χ1v) is 8.52. The van der Waals surface area contributed by atoms with Gasteiger partial charge in [0.15, 0.2) is 0 Å². The summed E-state index contributed by atoms with van der Waals surface area (Å²) < 4.78 is 32.4. The molecule has 0 atom stereocenters. The molecule has 5 nitrogen and oxygen atoms in total. The van der Waals surface area contributed by atoms with Crippen LogP contribution in [0.4, 0.5) is 0 Å². The smallest absolute Gasteiger partial charge is 0.246 e. The summed E-state index contributed by atoms with van der Waals surface area (Å²) in [7, 11) is -2.13. The van der Waals surface area contributed by atoms with E-state index in [1.165, 1.54) is 17.5 Å². The van der Waals surface area contributed by atoms with Crippen molar-refractivity contribution in [1.82, 2.24) is 4.31 Å². The molecular formula is C15H23NO4S. The Hall–Kier alpha value is -1.11. The van der Waals surface area contributed by atoms with Crippen molar-refractivity contribution in [3.63, 3.8) is 0 Å². The first-order chi connectivity index (χ1) is 9.80. The molecule has 1 heterocycles. The van der Waals surface area contributed by atoms with E-state index in [0.29, 0.717) is 18.7 Å². The molecule has 118 valence electrons. The molecule has 2 rings (SSSR count). The third-order valence-corrected chi connectivity index (χ3v) is 5.78. The van der Waals surface area contributed by atoms with Crippen molar-refractivity contribution < 1.29 is 18.3 Å². The average molecular weight is 313 g/mol. The lowest BCUT2D eigenvalue weighted by Gasteiger charge is -2.37. The fourth-order valence-electron chi connectivity index (χ4n) is 2.74. The molecular weight excluding hydrogens is 290 g/mol. The number of hydrogen-bond acceptors (Lipinski definition) is 4. The summed E-state index contributed by atoms with van der Waals surface area (Å²) in [6.07, 6.45) is 1.89. The molecule has 0 aromatic heterocycles. The minimum atomic E-state index is -3.57. The third-order valence-electron chi connectivity index (χ3n) is 3.89. The summed E-state index contributed by atoms with van der Waals surface area (Å²) in [6.45, 7) is 5.08. The van der Waals surface area contributed by atoms with Crippen molar-refractivity contribution >= 4 is 10.0 Å². The summed E-state index contributed by atoms with van der Waals surface area (Å²) in [5, 5.41) is 9.15. The molecule has 0 unspecified atom stereocenters. The van der Waals surface area contributed by atoms with Gasteiger partial charge in [-0.3, -0.25) is 0 Å². The Bertz CT molecular complexity index is 610. The Morgan fingerprint density at radius 1 is 1.38 bits per heavy atom. The summed E-state index contributed by atoms with van der Waals surface area (Å²) in [6, 6.07) is 4.70. The van der Waals surface area contributed by atoms with Gasteiger partial charge in [0, 0.05) is 13.1 Å². The molecule has 1 aliphatic rings. The quantitative estimate of drug-likeness (QED) is 0.923. The van der Waals surface area contributed by atoms with Gasteiger partial charge in [0.1, 0.15) is 10.6 Å². The molecule has 1 aromatic carbocycles. The Kier molecular flexibility index (Phi) is 4.60. The van der Waals surface area contributed by atoms with Crippen LogP contribution >= 0.6 is 0 Å². The maximum absolute atomic E-state index is 12.8. The number of methoxy groups -OCH3 is 1. The number of sulfonamides is 1. The van der Waals surface area contributed by atoms with Gasteiger partial charge in [0.2, 0.25) is 10.0 Å². The number of aliphatic hydroxyl groups is 1. The number of benzene rings is 1. The van der Waals surface area contributed by atoms with Crippen LogP contribution in [0.15, 0.2) is 23.1 Å². The molecule has 1 fully saturated rings. The highest BCUT2D eigenvalue weighted by Gasteiger charge is 2.35. The van der Waals surface area contributed by atoms with Crippen LogP contribution in [-0.4, -0.2) is 38.0 Å². The van der Waals surface area contributed by atoms with Crippen molar-refractivity contribution in [2.45, 2.75) is 38.2 Å². The van der Waals surface area contributed by atoms with Crippen LogP contribution in [0.5, 0.6) is 5.75 Å². The van der Waals surface area contributed by atoms with E-state index < -0.39 is 10.0 Å². The molecule has 1 N–H and O–H groups in total. The molecule has 0 aliphatic carbocycles. The van der Waals surface area contributed by atoms with E-state index in [9.17, 15) is 8.42 Å². The van der Waals surface area contributed by atoms with Gasteiger partial charge in [-0.2, -0.15) is 4.31 Å². The first-order valence-electron chi connectivity index (χ1n) is 7.08. The van der Waals surface area contributed by atoms with Crippen molar-refractivity contribution in [1.29, 1.82) is 0 Å². The van der Waals surface area contributed by atoms with E-state index in [-0.39, 0.29) is 22.7 Å². The van der Waals surface area contributed by atoms with Crippen molar-refractivity contribution in [2.75, 3.05) is 20.2 Å². The molecule has 6 heteroatoms. The molecule has 0 saturated carbocycles. The molecule has 21 heavy (non-hydrogen) atoms. The molecule has 0 spiro atoms. The fourth-order valence-corrected chi connectivity index (χ4v) is 4.54. The van der Waals surface area contributed by atoms with E-state index >= 15 is 0 Å². The number of ether oxygens (including phenoxy) is 1. The fraction of sp³-hybridized carbons (Fsp3) is 0.600. The zero-order valence-corrected chi connectivity index (χ0v) is 13.6. The number of piperidine rings is 1. The number of aliphatic hydroxyl groups excluding tert-OH is 1. The Morgan fingerprint density at radius 3 is 2.67 bits per heavy atom. The van der Waals surface area contributed by atoms with E-state index in [4.69, 9.17) is 9.84 Å². The standard InChI is InChI=1S/C15H23NO4S/c1-15(2)7-4-8-16(11-15)21(18,19)14-6-5-12(10-17)9-13(14)20-3/h5-6,9,17H,4,7-8,10-11H2,1-3H3. The number of rotatable bonds is 4. The van der Waals surface area contributed by atoms with Crippen molar-refractivity contribution in [2.24, 2.45) is 5.41 Å². The Balaban J connectivity index is 2.39. The second kappa shape index (κ2) is 5.94. The minimum Gasteiger partial charge on any atom is -0.495 e. The van der Waals surface area contributed by atoms with E-state index in [0.717, 1.165) is 12.8 Å². The summed E-state index contributed by atoms with van der Waals surface area (Å²) in [5.41, 5.74) is 0.619. The SMILES string of the molecule is COc1cc(CO)ccc1S(=O)(=O)N1CCCC(C)(C)C1. The average Bonchev–Trinajstić information content (AvgIpc) is 2.45. The second-order valence-electron chi connectivity index (χ2n) is 6.25. The van der Waals surface area contributed by atoms with Crippen LogP contribution in [0, 0.1) is 5.41 Å². The predicted molar refractivity (Wildman–Crippen MR) is 80.7 cm³/mol. The molecule has 1 aliphatic heterocycles. The molecule has 1 aromatic rings. The van der Waals surface area contributed by atoms with Gasteiger partial charge in [0.05, 0.1) is 13.7 Å². The highest BCUT2D eigenvalue weighted by molar-refractivity contribution is 7.89. The van der Waals surface area contributed by atoms with E-state index in [1.807, 2.05) is 0 Å². The highest BCUT2D eigenvalue weighted by Crippen LogP contribution is 2.34. The Labute approximate surface area is 126 Å². The largest absolute Gasteiger partial charge is 0.495 e. The molecule has 0 radical (unpaired) electrons. The van der Waals surface area contributed by atoms with Crippen molar-refractivity contribution in [3.8, 4) is 5.75 Å². The maximum Gasteiger partial charge on any atom is 0.246 e. The lowest BCUT2D eigenvalue weighted by molar-refractivity contribution is 0.186. The van der Waals surface area contributed by atoms with E-state index in [2.05, 4.69) is 13.8 Å². The van der Waals surface area contributed by atoms with Gasteiger partial charge in [-0.05, 0) is 36.0 Å².